The van der Waals surface area contributed by atoms with E-state index < -0.39 is 0 Å². The van der Waals surface area contributed by atoms with Crippen molar-refractivity contribution in [3.63, 3.8) is 0 Å². The Balaban J connectivity index is 3.01. The summed E-state index contributed by atoms with van der Waals surface area (Å²) in [6.45, 7) is 4.71. The standard InChI is InChI=1S/C7H12N2/c1-5-3-6(2)9-7(5)4-8/h3,9H,4,8H2,1-2H3. The Morgan fingerprint density at radius 3 is 2.44 bits per heavy atom. The number of aryl methyl sites for hydroxylation is 2. The van der Waals surface area contributed by atoms with Crippen molar-refractivity contribution in [2.75, 3.05) is 0 Å². The van der Waals surface area contributed by atoms with Gasteiger partial charge in [-0.3, -0.25) is 0 Å². The van der Waals surface area contributed by atoms with Crippen molar-refractivity contribution >= 4 is 0 Å². The second-order valence-corrected chi connectivity index (χ2v) is 2.32. The van der Waals surface area contributed by atoms with Gasteiger partial charge in [0.15, 0.2) is 0 Å². The fraction of sp³-hybridized carbons (Fsp3) is 0.429. The molecule has 2 heteroatoms. The first kappa shape index (κ1) is 6.36. The van der Waals surface area contributed by atoms with E-state index in [2.05, 4.69) is 18.0 Å². The van der Waals surface area contributed by atoms with Crippen LogP contribution in [0.5, 0.6) is 0 Å². The molecule has 3 N–H and O–H groups in total. The molecule has 0 fully saturated rings. The summed E-state index contributed by atoms with van der Waals surface area (Å²) in [5.41, 5.74) is 9.03. The van der Waals surface area contributed by atoms with E-state index in [1.165, 1.54) is 11.3 Å². The summed E-state index contributed by atoms with van der Waals surface area (Å²) in [7, 11) is 0. The van der Waals surface area contributed by atoms with Gasteiger partial charge in [-0.1, -0.05) is 0 Å². The lowest BCUT2D eigenvalue weighted by molar-refractivity contribution is 0.985. The first-order valence-corrected chi connectivity index (χ1v) is 3.09. The lowest BCUT2D eigenvalue weighted by Gasteiger charge is -1.90. The quantitative estimate of drug-likeness (QED) is 0.578. The van der Waals surface area contributed by atoms with Gasteiger partial charge in [-0.15, -0.1) is 0 Å². The molecule has 0 spiro atoms. The van der Waals surface area contributed by atoms with Gasteiger partial charge in [0.25, 0.3) is 0 Å². The number of aromatic amines is 1. The first-order valence-electron chi connectivity index (χ1n) is 3.09. The third kappa shape index (κ3) is 1.13. The summed E-state index contributed by atoms with van der Waals surface area (Å²) in [6, 6.07) is 2.10. The molecule has 0 radical (unpaired) electrons. The van der Waals surface area contributed by atoms with Gasteiger partial charge in [0, 0.05) is 17.9 Å². The van der Waals surface area contributed by atoms with Crippen LogP contribution in [-0.2, 0) is 6.54 Å². The summed E-state index contributed by atoms with van der Waals surface area (Å²) in [4.78, 5) is 3.17. The summed E-state index contributed by atoms with van der Waals surface area (Å²) in [5, 5.41) is 0. The Kier molecular flexibility index (Phi) is 1.58. The minimum atomic E-state index is 0.611. The van der Waals surface area contributed by atoms with E-state index in [1.807, 2.05) is 6.92 Å². The van der Waals surface area contributed by atoms with E-state index in [9.17, 15) is 0 Å². The van der Waals surface area contributed by atoms with Crippen LogP contribution < -0.4 is 5.73 Å². The molecule has 1 heterocycles. The largest absolute Gasteiger partial charge is 0.361 e. The molecule has 1 aromatic heterocycles. The number of hydrogen-bond acceptors (Lipinski definition) is 1. The normalized spacial score (nSPS) is 10.1. The van der Waals surface area contributed by atoms with Crippen LogP contribution in [0.25, 0.3) is 0 Å². The number of aromatic nitrogens is 1. The first-order chi connectivity index (χ1) is 4.24. The maximum absolute atomic E-state index is 5.43. The van der Waals surface area contributed by atoms with E-state index >= 15 is 0 Å². The zero-order valence-corrected chi connectivity index (χ0v) is 5.86. The fourth-order valence-electron chi connectivity index (χ4n) is 0.997. The SMILES string of the molecule is Cc1cc(C)c(CN)[nH]1. The number of H-pyrrole nitrogens is 1. The van der Waals surface area contributed by atoms with Gasteiger partial charge < -0.3 is 10.7 Å². The lowest BCUT2D eigenvalue weighted by Crippen LogP contribution is -1.97. The molecule has 0 atom stereocenters. The summed E-state index contributed by atoms with van der Waals surface area (Å²) in [5.74, 6) is 0. The number of nitrogens with two attached hydrogens (primary N) is 1. The second kappa shape index (κ2) is 2.23. The van der Waals surface area contributed by atoms with Crippen molar-refractivity contribution in [2.24, 2.45) is 5.73 Å². The third-order valence-corrected chi connectivity index (χ3v) is 1.46. The smallest absolute Gasteiger partial charge is 0.0334 e. The summed E-state index contributed by atoms with van der Waals surface area (Å²) in [6.07, 6.45) is 0. The lowest BCUT2D eigenvalue weighted by atomic mass is 10.3. The van der Waals surface area contributed by atoms with Crippen molar-refractivity contribution in [3.05, 3.63) is 23.0 Å². The highest BCUT2D eigenvalue weighted by Gasteiger charge is 1.96. The zero-order chi connectivity index (χ0) is 6.85. The van der Waals surface area contributed by atoms with Crippen LogP contribution in [0.15, 0.2) is 6.07 Å². The summed E-state index contributed by atoms with van der Waals surface area (Å²) < 4.78 is 0. The molecule has 9 heavy (non-hydrogen) atoms. The fourth-order valence-corrected chi connectivity index (χ4v) is 0.997. The maximum atomic E-state index is 5.43. The van der Waals surface area contributed by atoms with Crippen molar-refractivity contribution in [1.82, 2.24) is 4.98 Å². The zero-order valence-electron chi connectivity index (χ0n) is 5.86. The molecule has 0 saturated heterocycles. The highest BCUT2D eigenvalue weighted by Crippen LogP contribution is 2.06. The molecular formula is C7H12N2. The van der Waals surface area contributed by atoms with Gasteiger partial charge in [-0.2, -0.15) is 0 Å². The van der Waals surface area contributed by atoms with E-state index in [0.717, 1.165) is 5.69 Å². The van der Waals surface area contributed by atoms with Crippen LogP contribution in [-0.4, -0.2) is 4.98 Å². The Morgan fingerprint density at radius 1 is 1.56 bits per heavy atom. The molecule has 0 aliphatic carbocycles. The van der Waals surface area contributed by atoms with Gasteiger partial charge in [0.1, 0.15) is 0 Å². The van der Waals surface area contributed by atoms with E-state index in [-0.39, 0.29) is 0 Å². The average molecular weight is 124 g/mol. The molecule has 0 unspecified atom stereocenters. The second-order valence-electron chi connectivity index (χ2n) is 2.32. The maximum Gasteiger partial charge on any atom is 0.0334 e. The van der Waals surface area contributed by atoms with E-state index in [0.29, 0.717) is 6.54 Å². The monoisotopic (exact) mass is 124 g/mol. The number of nitrogens with one attached hydrogen (secondary N) is 1. The topological polar surface area (TPSA) is 41.8 Å². The van der Waals surface area contributed by atoms with Gasteiger partial charge in [-0.05, 0) is 25.5 Å². The van der Waals surface area contributed by atoms with E-state index in [1.54, 1.807) is 0 Å². The molecule has 0 bridgehead atoms. The van der Waals surface area contributed by atoms with Gasteiger partial charge in [0.2, 0.25) is 0 Å². The minimum Gasteiger partial charge on any atom is -0.361 e. The van der Waals surface area contributed by atoms with Crippen molar-refractivity contribution in [2.45, 2.75) is 20.4 Å². The van der Waals surface area contributed by atoms with Crippen LogP contribution >= 0.6 is 0 Å². The predicted octanol–water partition coefficient (Wildman–Crippen LogP) is 1.09. The van der Waals surface area contributed by atoms with Gasteiger partial charge in [0.05, 0.1) is 0 Å². The van der Waals surface area contributed by atoms with Crippen molar-refractivity contribution in [1.29, 1.82) is 0 Å². The Labute approximate surface area is 55.1 Å². The Hall–Kier alpha value is -0.760. The Bertz CT molecular complexity index is 201. The van der Waals surface area contributed by atoms with Crippen LogP contribution in [0, 0.1) is 13.8 Å². The van der Waals surface area contributed by atoms with Crippen molar-refractivity contribution in [3.8, 4) is 0 Å². The number of rotatable bonds is 1. The molecule has 0 aromatic carbocycles. The summed E-state index contributed by atoms with van der Waals surface area (Å²) >= 11 is 0. The highest BCUT2D eigenvalue weighted by molar-refractivity contribution is 5.23. The van der Waals surface area contributed by atoms with Crippen LogP contribution in [0.2, 0.25) is 0 Å². The third-order valence-electron chi connectivity index (χ3n) is 1.46. The molecule has 1 aromatic rings. The molecule has 0 aliphatic rings. The van der Waals surface area contributed by atoms with Crippen molar-refractivity contribution < 1.29 is 0 Å². The van der Waals surface area contributed by atoms with Crippen LogP contribution in [0.3, 0.4) is 0 Å². The van der Waals surface area contributed by atoms with Crippen LogP contribution in [0.1, 0.15) is 17.0 Å². The molecular weight excluding hydrogens is 112 g/mol. The Morgan fingerprint density at radius 2 is 2.22 bits per heavy atom. The van der Waals surface area contributed by atoms with Crippen LogP contribution in [0.4, 0.5) is 0 Å². The van der Waals surface area contributed by atoms with Gasteiger partial charge >= 0.3 is 0 Å². The minimum absolute atomic E-state index is 0.611. The molecule has 0 amide bonds. The van der Waals surface area contributed by atoms with Gasteiger partial charge in [-0.25, -0.2) is 0 Å². The average Bonchev–Trinajstić information content (AvgIpc) is 2.10. The van der Waals surface area contributed by atoms with E-state index in [4.69, 9.17) is 5.73 Å². The highest BCUT2D eigenvalue weighted by atomic mass is 14.8. The molecule has 50 valence electrons. The molecule has 0 aliphatic heterocycles. The number of hydrogen-bond donors (Lipinski definition) is 2. The predicted molar refractivity (Wildman–Crippen MR) is 38.2 cm³/mol. The molecule has 1 rings (SSSR count). The molecule has 2 nitrogen and oxygen atoms in total. The molecule has 0 saturated carbocycles.